The minimum absolute atomic E-state index is 0.383. The Morgan fingerprint density at radius 1 is 1.50 bits per heavy atom. The molecule has 1 heterocycles. The molecule has 1 aliphatic heterocycles. The van der Waals surface area contributed by atoms with Crippen molar-refractivity contribution in [2.45, 2.75) is 12.0 Å². The highest BCUT2D eigenvalue weighted by Gasteiger charge is 2.39. The summed E-state index contributed by atoms with van der Waals surface area (Å²) < 4.78 is 10.8. The van der Waals surface area contributed by atoms with Crippen molar-refractivity contribution in [3.63, 3.8) is 0 Å². The number of alkyl halides is 1. The lowest BCUT2D eigenvalue weighted by molar-refractivity contribution is -0.0750. The van der Waals surface area contributed by atoms with E-state index in [0.29, 0.717) is 22.5 Å². The van der Waals surface area contributed by atoms with Gasteiger partial charge < -0.3 is 9.47 Å². The highest BCUT2D eigenvalue weighted by Crippen LogP contribution is 2.36. The normalized spacial score (nSPS) is 24.8. The minimum Gasteiger partial charge on any atom is -0.434 e. The van der Waals surface area contributed by atoms with Crippen LogP contribution in [0.5, 0.6) is 0 Å². The largest absolute Gasteiger partial charge is 0.509 e. The summed E-state index contributed by atoms with van der Waals surface area (Å²) in [5.74, 6) is 0. The van der Waals surface area contributed by atoms with Crippen LogP contribution in [-0.2, 0) is 15.1 Å². The lowest BCUT2D eigenvalue weighted by Gasteiger charge is -2.35. The maximum Gasteiger partial charge on any atom is 0.509 e. The third-order valence-electron chi connectivity index (χ3n) is 2.57. The molecular formula is C11H10ClIO3. The molecule has 0 amide bonds. The summed E-state index contributed by atoms with van der Waals surface area (Å²) in [4.78, 5) is 11.2. The fraction of sp³-hybridized carbons (Fsp3) is 0.364. The highest BCUT2D eigenvalue weighted by atomic mass is 127. The van der Waals surface area contributed by atoms with Gasteiger partial charge in [0, 0.05) is 15.9 Å². The molecule has 1 aliphatic rings. The van der Waals surface area contributed by atoms with Gasteiger partial charge in [-0.2, -0.15) is 0 Å². The Morgan fingerprint density at radius 2 is 2.31 bits per heavy atom. The van der Waals surface area contributed by atoms with E-state index in [4.69, 9.17) is 21.1 Å². The van der Waals surface area contributed by atoms with Crippen LogP contribution in [0.1, 0.15) is 12.0 Å². The van der Waals surface area contributed by atoms with Crippen LogP contribution in [0.2, 0.25) is 5.02 Å². The van der Waals surface area contributed by atoms with Gasteiger partial charge in [-0.3, -0.25) is 0 Å². The molecule has 5 heteroatoms. The molecule has 0 aliphatic carbocycles. The van der Waals surface area contributed by atoms with E-state index in [9.17, 15) is 4.79 Å². The molecule has 0 aromatic heterocycles. The predicted molar refractivity (Wildman–Crippen MR) is 69.1 cm³/mol. The van der Waals surface area contributed by atoms with Gasteiger partial charge in [0.15, 0.2) is 5.60 Å². The Kier molecular flexibility index (Phi) is 3.59. The zero-order chi connectivity index (χ0) is 11.6. The van der Waals surface area contributed by atoms with E-state index in [2.05, 4.69) is 22.6 Å². The number of ether oxygens (including phenoxy) is 2. The molecular weight excluding hydrogens is 342 g/mol. The van der Waals surface area contributed by atoms with Gasteiger partial charge in [0.05, 0.1) is 6.61 Å². The predicted octanol–water partition coefficient (Wildman–Crippen LogP) is 3.53. The zero-order valence-corrected chi connectivity index (χ0v) is 11.3. The molecule has 86 valence electrons. The van der Waals surface area contributed by atoms with Gasteiger partial charge in [-0.25, -0.2) is 4.79 Å². The maximum atomic E-state index is 11.2. The molecule has 1 aromatic carbocycles. The summed E-state index contributed by atoms with van der Waals surface area (Å²) in [5.41, 5.74) is 0.326. The summed E-state index contributed by atoms with van der Waals surface area (Å²) in [5, 5.41) is 0.643. The second-order valence-electron chi connectivity index (χ2n) is 3.59. The number of carbonyl (C=O) groups excluding carboxylic acids is 1. The smallest absolute Gasteiger partial charge is 0.434 e. The topological polar surface area (TPSA) is 35.5 Å². The summed E-state index contributed by atoms with van der Waals surface area (Å²) >= 11 is 8.15. The third-order valence-corrected chi connectivity index (χ3v) is 4.04. The van der Waals surface area contributed by atoms with Crippen LogP contribution in [0.25, 0.3) is 0 Å². The number of hydrogen-bond acceptors (Lipinski definition) is 3. The van der Waals surface area contributed by atoms with E-state index < -0.39 is 11.8 Å². The van der Waals surface area contributed by atoms with Crippen LogP contribution in [-0.4, -0.2) is 17.2 Å². The molecule has 0 bridgehead atoms. The van der Waals surface area contributed by atoms with Crippen LogP contribution in [0.3, 0.4) is 0 Å². The lowest BCUT2D eigenvalue weighted by Crippen LogP contribution is -2.40. The van der Waals surface area contributed by atoms with Crippen LogP contribution in [0, 0.1) is 0 Å². The highest BCUT2D eigenvalue weighted by molar-refractivity contribution is 14.1. The van der Waals surface area contributed by atoms with E-state index in [1.807, 2.05) is 18.2 Å². The average molecular weight is 353 g/mol. The van der Waals surface area contributed by atoms with Crippen molar-refractivity contribution in [1.82, 2.24) is 0 Å². The SMILES string of the molecule is O=C1OCC[C@](CI)(c2cccc(Cl)c2)O1. The van der Waals surface area contributed by atoms with Crippen molar-refractivity contribution in [2.24, 2.45) is 0 Å². The summed E-state index contributed by atoms with van der Waals surface area (Å²) in [6.07, 6.45) is 0.0464. The van der Waals surface area contributed by atoms with E-state index >= 15 is 0 Å². The molecule has 1 aromatic rings. The van der Waals surface area contributed by atoms with Crippen LogP contribution >= 0.6 is 34.2 Å². The van der Waals surface area contributed by atoms with Crippen molar-refractivity contribution in [2.75, 3.05) is 11.0 Å². The minimum atomic E-state index is -0.608. The standard InChI is InChI=1S/C11H10ClIO3/c12-9-3-1-2-8(6-9)11(7-13)4-5-15-10(14)16-11/h1-3,6H,4-5,7H2/t11-/m0/s1. The van der Waals surface area contributed by atoms with Crippen LogP contribution < -0.4 is 0 Å². The van der Waals surface area contributed by atoms with Gasteiger partial charge >= 0.3 is 6.16 Å². The molecule has 0 spiro atoms. The summed E-state index contributed by atoms with van der Waals surface area (Å²) in [6, 6.07) is 7.41. The second-order valence-corrected chi connectivity index (χ2v) is 4.79. The first-order valence-electron chi connectivity index (χ1n) is 4.84. The van der Waals surface area contributed by atoms with Gasteiger partial charge in [-0.15, -0.1) is 0 Å². The molecule has 0 saturated carbocycles. The van der Waals surface area contributed by atoms with E-state index in [-0.39, 0.29) is 0 Å². The second kappa shape index (κ2) is 4.79. The number of halogens is 2. The number of cyclic esters (lactones) is 2. The van der Waals surface area contributed by atoms with Crippen molar-refractivity contribution in [3.05, 3.63) is 34.9 Å². The number of carbonyl (C=O) groups is 1. The molecule has 1 fully saturated rings. The molecule has 0 N–H and O–H groups in total. The van der Waals surface area contributed by atoms with Gasteiger partial charge in [0.1, 0.15) is 0 Å². The first-order valence-corrected chi connectivity index (χ1v) is 6.74. The maximum absolute atomic E-state index is 11.2. The first kappa shape index (κ1) is 12.0. The van der Waals surface area contributed by atoms with Gasteiger partial charge in [-0.05, 0) is 17.7 Å². The molecule has 3 nitrogen and oxygen atoms in total. The Labute approximate surface area is 112 Å². The summed E-state index contributed by atoms with van der Waals surface area (Å²) in [7, 11) is 0. The zero-order valence-electron chi connectivity index (χ0n) is 8.41. The van der Waals surface area contributed by atoms with Gasteiger partial charge in [0.2, 0.25) is 0 Å². The first-order chi connectivity index (χ1) is 7.66. The number of rotatable bonds is 2. The average Bonchev–Trinajstić information content (AvgIpc) is 2.29. The van der Waals surface area contributed by atoms with Gasteiger partial charge in [-0.1, -0.05) is 46.3 Å². The Balaban J connectivity index is 2.37. The van der Waals surface area contributed by atoms with Crippen molar-refractivity contribution >= 4 is 40.3 Å². The Hall–Kier alpha value is -0.490. The van der Waals surface area contributed by atoms with E-state index in [0.717, 1.165) is 5.56 Å². The molecule has 16 heavy (non-hydrogen) atoms. The van der Waals surface area contributed by atoms with Crippen molar-refractivity contribution in [1.29, 1.82) is 0 Å². The quantitative estimate of drug-likeness (QED) is 0.464. The van der Waals surface area contributed by atoms with Crippen molar-refractivity contribution < 1.29 is 14.3 Å². The fourth-order valence-electron chi connectivity index (χ4n) is 1.69. The molecule has 1 atom stereocenters. The van der Waals surface area contributed by atoms with Crippen molar-refractivity contribution in [3.8, 4) is 0 Å². The van der Waals surface area contributed by atoms with Gasteiger partial charge in [0.25, 0.3) is 0 Å². The molecule has 0 unspecified atom stereocenters. The molecule has 1 saturated heterocycles. The van der Waals surface area contributed by atoms with Crippen LogP contribution in [0.15, 0.2) is 24.3 Å². The van der Waals surface area contributed by atoms with E-state index in [1.165, 1.54) is 0 Å². The monoisotopic (exact) mass is 352 g/mol. The number of benzene rings is 1. The molecule has 2 rings (SSSR count). The Morgan fingerprint density at radius 3 is 2.94 bits per heavy atom. The third kappa shape index (κ3) is 2.27. The summed E-state index contributed by atoms with van der Waals surface area (Å²) in [6.45, 7) is 0.383. The van der Waals surface area contributed by atoms with E-state index in [1.54, 1.807) is 6.07 Å². The fourth-order valence-corrected chi connectivity index (χ4v) is 2.85. The lowest BCUT2D eigenvalue weighted by atomic mass is 9.92. The Bertz CT molecular complexity index is 410. The molecule has 0 radical (unpaired) electrons. The van der Waals surface area contributed by atoms with Crippen LogP contribution in [0.4, 0.5) is 4.79 Å². The number of hydrogen-bond donors (Lipinski definition) is 0.